The molecule has 0 fully saturated rings. The summed E-state index contributed by atoms with van der Waals surface area (Å²) >= 11 is 0. The van der Waals surface area contributed by atoms with Crippen molar-refractivity contribution in [2.45, 2.75) is 46.3 Å². The predicted molar refractivity (Wildman–Crippen MR) is 65.8 cm³/mol. The fourth-order valence-electron chi connectivity index (χ4n) is 1.84. The van der Waals surface area contributed by atoms with Gasteiger partial charge in [0.1, 0.15) is 11.8 Å². The van der Waals surface area contributed by atoms with Crippen LogP contribution in [-0.4, -0.2) is 25.0 Å². The number of rotatable bonds is 5. The molecule has 1 atom stereocenters. The predicted octanol–water partition coefficient (Wildman–Crippen LogP) is 2.09. The highest BCUT2D eigenvalue weighted by Crippen LogP contribution is 2.22. The van der Waals surface area contributed by atoms with Crippen molar-refractivity contribution in [3.05, 3.63) is 17.6 Å². The zero-order chi connectivity index (χ0) is 13.1. The Morgan fingerprint density at radius 1 is 1.44 bits per heavy atom. The average Bonchev–Trinajstić information content (AvgIpc) is 2.95. The van der Waals surface area contributed by atoms with Crippen molar-refractivity contribution < 1.29 is 9.63 Å². The molecule has 0 aliphatic heterocycles. The largest absolute Gasteiger partial charge is 0.385 e. The van der Waals surface area contributed by atoms with Gasteiger partial charge in [-0.3, -0.25) is 4.68 Å². The molecule has 2 heterocycles. The third-order valence-electron chi connectivity index (χ3n) is 2.72. The van der Waals surface area contributed by atoms with Crippen LogP contribution in [0.15, 0.2) is 10.6 Å². The van der Waals surface area contributed by atoms with Crippen LogP contribution >= 0.6 is 0 Å². The molecule has 0 radical (unpaired) electrons. The molecule has 18 heavy (non-hydrogen) atoms. The summed E-state index contributed by atoms with van der Waals surface area (Å²) in [4.78, 5) is 4.23. The molecule has 0 saturated carbocycles. The van der Waals surface area contributed by atoms with Gasteiger partial charge in [0, 0.05) is 6.54 Å². The van der Waals surface area contributed by atoms with E-state index in [2.05, 4.69) is 15.2 Å². The van der Waals surface area contributed by atoms with E-state index < -0.39 is 6.10 Å². The Hall–Kier alpha value is -1.69. The number of hydrogen-bond donors (Lipinski definition) is 1. The molecule has 2 rings (SSSR count). The van der Waals surface area contributed by atoms with Gasteiger partial charge < -0.3 is 9.63 Å². The second kappa shape index (κ2) is 5.30. The maximum absolute atomic E-state index is 9.81. The van der Waals surface area contributed by atoms with E-state index in [1.54, 1.807) is 4.68 Å². The van der Waals surface area contributed by atoms with Gasteiger partial charge in [-0.15, -0.1) is 0 Å². The van der Waals surface area contributed by atoms with E-state index in [1.807, 2.05) is 26.8 Å². The van der Waals surface area contributed by atoms with E-state index in [0.717, 1.165) is 24.4 Å². The number of nitrogens with zero attached hydrogens (tertiary/aromatic N) is 4. The highest BCUT2D eigenvalue weighted by Gasteiger charge is 2.18. The van der Waals surface area contributed by atoms with E-state index in [1.165, 1.54) is 0 Å². The lowest BCUT2D eigenvalue weighted by Crippen LogP contribution is -2.01. The quantitative estimate of drug-likeness (QED) is 0.879. The van der Waals surface area contributed by atoms with Gasteiger partial charge in [0.05, 0.1) is 5.69 Å². The monoisotopic (exact) mass is 250 g/mol. The molecule has 6 heteroatoms. The van der Waals surface area contributed by atoms with Crippen LogP contribution in [0, 0.1) is 6.92 Å². The Kier molecular flexibility index (Phi) is 3.76. The highest BCUT2D eigenvalue weighted by molar-refractivity contribution is 5.47. The maximum atomic E-state index is 9.81. The summed E-state index contributed by atoms with van der Waals surface area (Å²) in [5.74, 6) is 0.746. The summed E-state index contributed by atoms with van der Waals surface area (Å²) < 4.78 is 7.00. The van der Waals surface area contributed by atoms with Crippen molar-refractivity contribution >= 4 is 0 Å². The number of aromatic nitrogens is 4. The first-order chi connectivity index (χ1) is 8.65. The van der Waals surface area contributed by atoms with Crippen molar-refractivity contribution in [1.29, 1.82) is 0 Å². The van der Waals surface area contributed by atoms with Gasteiger partial charge in [0.25, 0.3) is 5.89 Å². The molecular formula is C12H18N4O2. The van der Waals surface area contributed by atoms with Crippen molar-refractivity contribution in [3.63, 3.8) is 0 Å². The molecule has 1 unspecified atom stereocenters. The van der Waals surface area contributed by atoms with E-state index in [-0.39, 0.29) is 0 Å². The van der Waals surface area contributed by atoms with Crippen LogP contribution in [0.25, 0.3) is 11.6 Å². The number of hydrogen-bond acceptors (Lipinski definition) is 5. The normalized spacial score (nSPS) is 12.9. The van der Waals surface area contributed by atoms with E-state index >= 15 is 0 Å². The lowest BCUT2D eigenvalue weighted by Gasteiger charge is -2.01. The van der Waals surface area contributed by atoms with Crippen LogP contribution in [0.5, 0.6) is 0 Å². The number of aryl methyl sites for hydroxylation is 2. The summed E-state index contributed by atoms with van der Waals surface area (Å²) in [6, 6.07) is 1.90. The zero-order valence-corrected chi connectivity index (χ0v) is 10.9. The first-order valence-corrected chi connectivity index (χ1v) is 6.22. The fourth-order valence-corrected chi connectivity index (χ4v) is 1.84. The maximum Gasteiger partial charge on any atom is 0.276 e. The SMILES string of the molecule is CCCC(O)c1noc(-c2cc(C)nn2CC)n1. The van der Waals surface area contributed by atoms with E-state index in [0.29, 0.717) is 18.1 Å². The second-order valence-electron chi connectivity index (χ2n) is 4.25. The van der Waals surface area contributed by atoms with Gasteiger partial charge in [-0.25, -0.2) is 0 Å². The number of aliphatic hydroxyl groups excluding tert-OH is 1. The van der Waals surface area contributed by atoms with E-state index in [9.17, 15) is 5.11 Å². The van der Waals surface area contributed by atoms with Crippen LogP contribution in [0.2, 0.25) is 0 Å². The summed E-state index contributed by atoms with van der Waals surface area (Å²) in [5.41, 5.74) is 1.69. The van der Waals surface area contributed by atoms with Crippen molar-refractivity contribution in [3.8, 4) is 11.6 Å². The minimum atomic E-state index is -0.661. The van der Waals surface area contributed by atoms with Crippen LogP contribution < -0.4 is 0 Å². The van der Waals surface area contributed by atoms with E-state index in [4.69, 9.17) is 4.52 Å². The lowest BCUT2D eigenvalue weighted by atomic mass is 10.2. The smallest absolute Gasteiger partial charge is 0.276 e. The molecule has 1 N–H and O–H groups in total. The molecule has 2 aromatic rings. The van der Waals surface area contributed by atoms with Crippen molar-refractivity contribution in [2.75, 3.05) is 0 Å². The molecule has 6 nitrogen and oxygen atoms in total. The molecule has 0 saturated heterocycles. The molecule has 2 aromatic heterocycles. The molecular weight excluding hydrogens is 232 g/mol. The topological polar surface area (TPSA) is 77.0 Å². The summed E-state index contributed by atoms with van der Waals surface area (Å²) in [5, 5.41) is 17.9. The summed E-state index contributed by atoms with van der Waals surface area (Å²) in [6.45, 7) is 6.65. The minimum absolute atomic E-state index is 0.341. The third kappa shape index (κ3) is 2.43. The minimum Gasteiger partial charge on any atom is -0.385 e. The van der Waals surface area contributed by atoms with Gasteiger partial charge >= 0.3 is 0 Å². The van der Waals surface area contributed by atoms with Crippen LogP contribution in [0.1, 0.15) is 44.3 Å². The van der Waals surface area contributed by atoms with Crippen molar-refractivity contribution in [1.82, 2.24) is 19.9 Å². The Labute approximate surface area is 106 Å². The molecule has 0 amide bonds. The molecule has 0 bridgehead atoms. The molecule has 0 spiro atoms. The van der Waals surface area contributed by atoms with Crippen LogP contribution in [0.4, 0.5) is 0 Å². The Morgan fingerprint density at radius 2 is 2.22 bits per heavy atom. The van der Waals surface area contributed by atoms with Gasteiger partial charge in [-0.1, -0.05) is 18.5 Å². The highest BCUT2D eigenvalue weighted by atomic mass is 16.5. The van der Waals surface area contributed by atoms with Gasteiger partial charge in [0.15, 0.2) is 0 Å². The average molecular weight is 250 g/mol. The first kappa shape index (κ1) is 12.8. The second-order valence-corrected chi connectivity index (χ2v) is 4.25. The molecule has 0 aliphatic rings. The first-order valence-electron chi connectivity index (χ1n) is 6.22. The Bertz CT molecular complexity index is 518. The molecule has 0 aliphatic carbocycles. The molecule has 0 aromatic carbocycles. The standard InChI is InChI=1S/C12H18N4O2/c1-4-6-10(17)11-13-12(18-15-11)9-7-8(3)14-16(9)5-2/h7,10,17H,4-6H2,1-3H3. The summed E-state index contributed by atoms with van der Waals surface area (Å²) in [7, 11) is 0. The van der Waals surface area contributed by atoms with Crippen LogP contribution in [-0.2, 0) is 6.54 Å². The van der Waals surface area contributed by atoms with Crippen molar-refractivity contribution in [2.24, 2.45) is 0 Å². The fraction of sp³-hybridized carbons (Fsp3) is 0.583. The lowest BCUT2D eigenvalue weighted by molar-refractivity contribution is 0.153. The van der Waals surface area contributed by atoms with Gasteiger partial charge in [-0.2, -0.15) is 10.1 Å². The Balaban J connectivity index is 2.28. The van der Waals surface area contributed by atoms with Gasteiger partial charge in [0.2, 0.25) is 5.82 Å². The molecule has 98 valence electrons. The van der Waals surface area contributed by atoms with Gasteiger partial charge in [-0.05, 0) is 26.3 Å². The number of aliphatic hydroxyl groups is 1. The van der Waals surface area contributed by atoms with Crippen LogP contribution in [0.3, 0.4) is 0 Å². The Morgan fingerprint density at radius 3 is 2.89 bits per heavy atom. The summed E-state index contributed by atoms with van der Waals surface area (Å²) in [6.07, 6.45) is 0.842. The third-order valence-corrected chi connectivity index (χ3v) is 2.72. The zero-order valence-electron chi connectivity index (χ0n) is 10.9.